The number of rotatable bonds is 5. The van der Waals surface area contributed by atoms with Gasteiger partial charge in [-0.1, -0.05) is 36.2 Å². The van der Waals surface area contributed by atoms with E-state index in [-0.39, 0.29) is 6.04 Å². The van der Waals surface area contributed by atoms with Crippen molar-refractivity contribution in [2.75, 3.05) is 6.54 Å². The molecule has 1 atom stereocenters. The average Bonchev–Trinajstić information content (AvgIpc) is 2.68. The van der Waals surface area contributed by atoms with Gasteiger partial charge >= 0.3 is 0 Å². The molecule has 0 bridgehead atoms. The summed E-state index contributed by atoms with van der Waals surface area (Å²) in [7, 11) is 2.02. The van der Waals surface area contributed by atoms with Crippen molar-refractivity contribution < 1.29 is 0 Å². The van der Waals surface area contributed by atoms with Crippen LogP contribution in [0.15, 0.2) is 24.3 Å². The van der Waals surface area contributed by atoms with Crippen molar-refractivity contribution in [2.24, 2.45) is 7.05 Å². The first-order valence-corrected chi connectivity index (χ1v) is 7.33. The van der Waals surface area contributed by atoms with Gasteiger partial charge in [-0.2, -0.15) is 5.10 Å². The number of nitrogens with one attached hydrogen (secondary N) is 1. The number of aryl methyl sites for hydroxylation is 4. The molecule has 0 saturated carbocycles. The maximum atomic E-state index is 4.49. The minimum absolute atomic E-state index is 0.208. The molecule has 1 aromatic carbocycles. The summed E-state index contributed by atoms with van der Waals surface area (Å²) < 4.78 is 1.99. The standard InChI is InChI=1S/C17H25N3/c1-6-7-18-17(16-11-14(4)19-20(16)5)15-9-12(2)8-13(3)10-15/h8-11,17-18H,6-7H2,1-5H3. The second-order valence-electron chi connectivity index (χ2n) is 5.64. The van der Waals surface area contributed by atoms with Crippen molar-refractivity contribution in [3.63, 3.8) is 0 Å². The Kier molecular flexibility index (Phi) is 4.61. The molecule has 0 fully saturated rings. The van der Waals surface area contributed by atoms with Crippen LogP contribution in [0.2, 0.25) is 0 Å². The van der Waals surface area contributed by atoms with Crippen LogP contribution >= 0.6 is 0 Å². The van der Waals surface area contributed by atoms with Gasteiger partial charge in [0, 0.05) is 7.05 Å². The smallest absolute Gasteiger partial charge is 0.0748 e. The lowest BCUT2D eigenvalue weighted by Crippen LogP contribution is -2.25. The first-order chi connectivity index (χ1) is 9.51. The minimum atomic E-state index is 0.208. The maximum Gasteiger partial charge on any atom is 0.0748 e. The molecule has 0 aliphatic carbocycles. The van der Waals surface area contributed by atoms with Crippen molar-refractivity contribution in [3.05, 3.63) is 52.3 Å². The molecule has 0 radical (unpaired) electrons. The molecule has 0 spiro atoms. The van der Waals surface area contributed by atoms with Crippen LogP contribution < -0.4 is 5.32 Å². The molecule has 3 nitrogen and oxygen atoms in total. The van der Waals surface area contributed by atoms with Crippen LogP contribution in [-0.4, -0.2) is 16.3 Å². The Balaban J connectivity index is 2.43. The summed E-state index contributed by atoms with van der Waals surface area (Å²) in [6.07, 6.45) is 1.12. The number of benzene rings is 1. The van der Waals surface area contributed by atoms with E-state index in [2.05, 4.69) is 55.5 Å². The lowest BCUT2D eigenvalue weighted by atomic mass is 9.98. The Morgan fingerprint density at radius 1 is 1.10 bits per heavy atom. The lowest BCUT2D eigenvalue weighted by molar-refractivity contribution is 0.553. The van der Waals surface area contributed by atoms with Crippen molar-refractivity contribution in [1.29, 1.82) is 0 Å². The van der Waals surface area contributed by atoms with E-state index in [0.717, 1.165) is 18.7 Å². The third-order valence-electron chi connectivity index (χ3n) is 3.51. The fraction of sp³-hybridized carbons (Fsp3) is 0.471. The molecule has 20 heavy (non-hydrogen) atoms. The molecule has 1 heterocycles. The van der Waals surface area contributed by atoms with Gasteiger partial charge < -0.3 is 5.32 Å². The highest BCUT2D eigenvalue weighted by molar-refractivity contribution is 5.35. The summed E-state index contributed by atoms with van der Waals surface area (Å²) in [4.78, 5) is 0. The molecule has 1 aromatic heterocycles. The van der Waals surface area contributed by atoms with Crippen LogP contribution in [0, 0.1) is 20.8 Å². The molecule has 1 N–H and O–H groups in total. The van der Waals surface area contributed by atoms with Crippen LogP contribution in [0.1, 0.15) is 47.5 Å². The predicted molar refractivity (Wildman–Crippen MR) is 84.0 cm³/mol. The van der Waals surface area contributed by atoms with Gasteiger partial charge in [0.1, 0.15) is 0 Å². The van der Waals surface area contributed by atoms with Crippen molar-refractivity contribution in [3.8, 4) is 0 Å². The fourth-order valence-electron chi connectivity index (χ4n) is 2.76. The van der Waals surface area contributed by atoms with E-state index in [4.69, 9.17) is 0 Å². The molecular formula is C17H25N3. The normalized spacial score (nSPS) is 12.7. The Labute approximate surface area is 122 Å². The molecule has 2 aromatic rings. The van der Waals surface area contributed by atoms with E-state index in [1.165, 1.54) is 22.4 Å². The van der Waals surface area contributed by atoms with Gasteiger partial charge in [-0.25, -0.2) is 0 Å². The highest BCUT2D eigenvalue weighted by atomic mass is 15.3. The van der Waals surface area contributed by atoms with E-state index < -0.39 is 0 Å². The third-order valence-corrected chi connectivity index (χ3v) is 3.51. The number of nitrogens with zero attached hydrogens (tertiary/aromatic N) is 2. The van der Waals surface area contributed by atoms with Crippen molar-refractivity contribution >= 4 is 0 Å². The van der Waals surface area contributed by atoms with Gasteiger partial charge in [0.2, 0.25) is 0 Å². The largest absolute Gasteiger partial charge is 0.305 e. The van der Waals surface area contributed by atoms with E-state index >= 15 is 0 Å². The Morgan fingerprint density at radius 2 is 1.75 bits per heavy atom. The van der Waals surface area contributed by atoms with E-state index in [1.807, 2.05) is 18.7 Å². The fourth-order valence-corrected chi connectivity index (χ4v) is 2.76. The summed E-state index contributed by atoms with van der Waals surface area (Å²) in [6.45, 7) is 9.55. The number of hydrogen-bond acceptors (Lipinski definition) is 2. The molecule has 0 aliphatic rings. The summed E-state index contributed by atoms with van der Waals surface area (Å²) >= 11 is 0. The predicted octanol–water partition coefficient (Wildman–Crippen LogP) is 3.43. The van der Waals surface area contributed by atoms with Gasteiger partial charge in [0.05, 0.1) is 17.4 Å². The molecule has 108 valence electrons. The quantitative estimate of drug-likeness (QED) is 0.903. The van der Waals surface area contributed by atoms with Crippen LogP contribution in [0.25, 0.3) is 0 Å². The first kappa shape index (κ1) is 14.8. The third kappa shape index (κ3) is 3.28. The van der Waals surface area contributed by atoms with Crippen LogP contribution in [0.3, 0.4) is 0 Å². The summed E-state index contributed by atoms with van der Waals surface area (Å²) in [5.74, 6) is 0. The zero-order valence-electron chi connectivity index (χ0n) is 13.2. The number of aromatic nitrogens is 2. The maximum absolute atomic E-state index is 4.49. The van der Waals surface area contributed by atoms with E-state index in [1.54, 1.807) is 0 Å². The van der Waals surface area contributed by atoms with Gasteiger partial charge in [0.25, 0.3) is 0 Å². The summed E-state index contributed by atoms with van der Waals surface area (Å²) in [5.41, 5.74) is 6.22. The van der Waals surface area contributed by atoms with Gasteiger partial charge in [-0.15, -0.1) is 0 Å². The van der Waals surface area contributed by atoms with Gasteiger partial charge in [-0.3, -0.25) is 4.68 Å². The second kappa shape index (κ2) is 6.23. The van der Waals surface area contributed by atoms with E-state index in [0.29, 0.717) is 0 Å². The summed E-state index contributed by atoms with van der Waals surface area (Å²) in [6, 6.07) is 9.13. The highest BCUT2D eigenvalue weighted by Crippen LogP contribution is 2.24. The molecule has 0 amide bonds. The van der Waals surface area contributed by atoms with Gasteiger partial charge in [-0.05, 0) is 45.4 Å². The zero-order chi connectivity index (χ0) is 14.7. The van der Waals surface area contributed by atoms with Crippen LogP contribution in [0.5, 0.6) is 0 Å². The molecular weight excluding hydrogens is 246 g/mol. The Morgan fingerprint density at radius 3 is 2.25 bits per heavy atom. The molecule has 3 heteroatoms. The topological polar surface area (TPSA) is 29.9 Å². The zero-order valence-corrected chi connectivity index (χ0v) is 13.2. The Bertz CT molecular complexity index is 564. The van der Waals surface area contributed by atoms with Crippen LogP contribution in [0.4, 0.5) is 0 Å². The molecule has 1 unspecified atom stereocenters. The van der Waals surface area contributed by atoms with Crippen molar-refractivity contribution in [1.82, 2.24) is 15.1 Å². The first-order valence-electron chi connectivity index (χ1n) is 7.33. The summed E-state index contributed by atoms with van der Waals surface area (Å²) in [5, 5.41) is 8.14. The Hall–Kier alpha value is -1.61. The molecule has 0 saturated heterocycles. The minimum Gasteiger partial charge on any atom is -0.305 e. The SMILES string of the molecule is CCCNC(c1cc(C)cc(C)c1)c1cc(C)nn1C. The molecule has 0 aliphatic heterocycles. The highest BCUT2D eigenvalue weighted by Gasteiger charge is 2.18. The second-order valence-corrected chi connectivity index (χ2v) is 5.64. The monoisotopic (exact) mass is 271 g/mol. The van der Waals surface area contributed by atoms with E-state index in [9.17, 15) is 0 Å². The average molecular weight is 271 g/mol. The van der Waals surface area contributed by atoms with Gasteiger partial charge in [0.15, 0.2) is 0 Å². The number of hydrogen-bond donors (Lipinski definition) is 1. The van der Waals surface area contributed by atoms with Crippen molar-refractivity contribution in [2.45, 2.75) is 40.2 Å². The lowest BCUT2D eigenvalue weighted by Gasteiger charge is -2.20. The molecule has 2 rings (SSSR count). The van der Waals surface area contributed by atoms with Crippen LogP contribution in [-0.2, 0) is 7.05 Å².